The van der Waals surface area contributed by atoms with Crippen molar-refractivity contribution in [3.8, 4) is 0 Å². The normalized spacial score (nSPS) is 15.4. The first kappa shape index (κ1) is 15.5. The van der Waals surface area contributed by atoms with Crippen molar-refractivity contribution in [3.05, 3.63) is 34.4 Å². The molecule has 3 rings (SSSR count). The van der Waals surface area contributed by atoms with Gasteiger partial charge in [0.25, 0.3) is 17.9 Å². The number of halogens is 2. The van der Waals surface area contributed by atoms with E-state index in [2.05, 4.69) is 9.97 Å². The Kier molecular flexibility index (Phi) is 4.31. The Morgan fingerprint density at radius 2 is 2.13 bits per heavy atom. The van der Waals surface area contributed by atoms with Crippen molar-refractivity contribution in [2.24, 2.45) is 0 Å². The molecule has 0 radical (unpaired) electrons. The van der Waals surface area contributed by atoms with Crippen molar-refractivity contribution in [3.63, 3.8) is 0 Å². The van der Waals surface area contributed by atoms with Crippen LogP contribution in [0, 0.1) is 0 Å². The second-order valence-corrected chi connectivity index (χ2v) is 5.52. The maximum atomic E-state index is 12.7. The minimum Gasteiger partial charge on any atom is -0.345 e. The molecular weight excluding hydrogens is 306 g/mol. The van der Waals surface area contributed by atoms with Gasteiger partial charge in [-0.1, -0.05) is 12.8 Å². The molecule has 1 N–H and O–H groups in total. The van der Waals surface area contributed by atoms with Gasteiger partial charge in [0, 0.05) is 12.2 Å². The Bertz CT molecular complexity index is 785. The molecule has 8 heteroatoms. The van der Waals surface area contributed by atoms with Gasteiger partial charge in [-0.05, 0) is 25.0 Å². The Morgan fingerprint density at radius 3 is 2.83 bits per heavy atom. The van der Waals surface area contributed by atoms with Gasteiger partial charge in [-0.25, -0.2) is 18.7 Å². The zero-order chi connectivity index (χ0) is 16.4. The first-order valence-corrected chi connectivity index (χ1v) is 7.51. The summed E-state index contributed by atoms with van der Waals surface area (Å²) in [4.78, 5) is 33.0. The van der Waals surface area contributed by atoms with Crippen LogP contribution < -0.4 is 10.9 Å². The van der Waals surface area contributed by atoms with Gasteiger partial charge in [0.2, 0.25) is 0 Å². The van der Waals surface area contributed by atoms with Crippen LogP contribution in [0.1, 0.15) is 42.2 Å². The van der Waals surface area contributed by atoms with Crippen molar-refractivity contribution in [1.29, 1.82) is 0 Å². The average molecular weight is 322 g/mol. The predicted octanol–water partition coefficient (Wildman–Crippen LogP) is 1.90. The number of alkyl halides is 2. The molecule has 0 unspecified atom stereocenters. The molecule has 6 nitrogen and oxygen atoms in total. The number of hydrogen-bond donors (Lipinski definition) is 1. The van der Waals surface area contributed by atoms with Crippen molar-refractivity contribution in [2.75, 3.05) is 6.54 Å². The van der Waals surface area contributed by atoms with E-state index in [-0.39, 0.29) is 11.7 Å². The van der Waals surface area contributed by atoms with Crippen molar-refractivity contribution in [2.45, 2.75) is 38.2 Å². The van der Waals surface area contributed by atoms with Gasteiger partial charge >= 0.3 is 0 Å². The standard InChI is InChI=1S/C15H16F2N4O2/c16-11(17)8-19-14(22)12-15(23)21(9-4-1-2-5-9)13-10(20-12)6-3-7-18-13/h3,6-7,9,11H,1-2,4-5,8H2,(H,19,22). The van der Waals surface area contributed by atoms with Crippen molar-refractivity contribution < 1.29 is 13.6 Å². The maximum absolute atomic E-state index is 12.7. The number of nitrogens with zero attached hydrogens (tertiary/aromatic N) is 3. The van der Waals surface area contributed by atoms with Gasteiger partial charge in [-0.2, -0.15) is 0 Å². The number of fused-ring (bicyclic) bond motifs is 1. The molecule has 0 spiro atoms. The fraction of sp³-hybridized carbons (Fsp3) is 0.467. The van der Waals surface area contributed by atoms with E-state index in [1.54, 1.807) is 18.3 Å². The Hall–Kier alpha value is -2.38. The largest absolute Gasteiger partial charge is 0.345 e. The van der Waals surface area contributed by atoms with E-state index in [4.69, 9.17) is 0 Å². The lowest BCUT2D eigenvalue weighted by molar-refractivity contribution is 0.0885. The highest BCUT2D eigenvalue weighted by molar-refractivity contribution is 5.93. The average Bonchev–Trinajstić information content (AvgIpc) is 3.06. The summed E-state index contributed by atoms with van der Waals surface area (Å²) in [5, 5.41) is 2.04. The molecule has 1 saturated carbocycles. The summed E-state index contributed by atoms with van der Waals surface area (Å²) >= 11 is 0. The molecule has 2 heterocycles. The van der Waals surface area contributed by atoms with Crippen LogP contribution in [-0.4, -0.2) is 33.4 Å². The highest BCUT2D eigenvalue weighted by Gasteiger charge is 2.25. The number of pyridine rings is 1. The van der Waals surface area contributed by atoms with Crippen LogP contribution >= 0.6 is 0 Å². The van der Waals surface area contributed by atoms with Crippen molar-refractivity contribution in [1.82, 2.24) is 19.9 Å². The van der Waals surface area contributed by atoms with E-state index < -0.39 is 24.4 Å². The van der Waals surface area contributed by atoms with Crippen LogP contribution in [0.15, 0.2) is 23.1 Å². The monoisotopic (exact) mass is 322 g/mol. The highest BCUT2D eigenvalue weighted by Crippen LogP contribution is 2.29. The fourth-order valence-electron chi connectivity index (χ4n) is 2.94. The van der Waals surface area contributed by atoms with E-state index in [9.17, 15) is 18.4 Å². The van der Waals surface area contributed by atoms with E-state index in [0.717, 1.165) is 25.7 Å². The summed E-state index contributed by atoms with van der Waals surface area (Å²) in [5.41, 5.74) is -0.107. The van der Waals surface area contributed by atoms with Gasteiger partial charge in [0.05, 0.1) is 6.54 Å². The molecule has 1 aliphatic rings. The van der Waals surface area contributed by atoms with Crippen molar-refractivity contribution >= 4 is 17.1 Å². The number of aromatic nitrogens is 3. The summed E-state index contributed by atoms with van der Waals surface area (Å²) in [6, 6.07) is 3.26. The molecule has 122 valence electrons. The number of amides is 1. The lowest BCUT2D eigenvalue weighted by Gasteiger charge is -2.16. The Balaban J connectivity index is 2.10. The predicted molar refractivity (Wildman–Crippen MR) is 79.6 cm³/mol. The molecule has 1 aliphatic carbocycles. The summed E-state index contributed by atoms with van der Waals surface area (Å²) in [5.74, 6) is -0.882. The number of rotatable bonds is 4. The van der Waals surface area contributed by atoms with E-state index in [0.29, 0.717) is 11.2 Å². The number of hydrogen-bond acceptors (Lipinski definition) is 4. The molecule has 0 aromatic carbocycles. The van der Waals surface area contributed by atoms with Crippen LogP contribution in [0.2, 0.25) is 0 Å². The van der Waals surface area contributed by atoms with Crippen LogP contribution in [0.5, 0.6) is 0 Å². The smallest absolute Gasteiger partial charge is 0.284 e. The molecule has 1 amide bonds. The van der Waals surface area contributed by atoms with E-state index >= 15 is 0 Å². The molecule has 2 aromatic heterocycles. The highest BCUT2D eigenvalue weighted by atomic mass is 19.3. The second kappa shape index (κ2) is 6.39. The minimum atomic E-state index is -2.68. The van der Waals surface area contributed by atoms with Gasteiger partial charge < -0.3 is 5.32 Å². The lowest BCUT2D eigenvalue weighted by atomic mass is 10.2. The summed E-state index contributed by atoms with van der Waals surface area (Å²) in [6.45, 7) is -0.811. The van der Waals surface area contributed by atoms with Gasteiger partial charge in [0.15, 0.2) is 11.3 Å². The van der Waals surface area contributed by atoms with Crippen LogP contribution in [0.25, 0.3) is 11.2 Å². The number of nitrogens with one attached hydrogen (secondary N) is 1. The second-order valence-electron chi connectivity index (χ2n) is 5.52. The SMILES string of the molecule is O=C(NCC(F)F)c1nc2cccnc2n(C2CCCC2)c1=O. The summed E-state index contributed by atoms with van der Waals surface area (Å²) < 4.78 is 26.0. The fourth-order valence-corrected chi connectivity index (χ4v) is 2.94. The first-order valence-electron chi connectivity index (χ1n) is 7.51. The molecule has 0 aliphatic heterocycles. The molecule has 1 fully saturated rings. The zero-order valence-electron chi connectivity index (χ0n) is 12.3. The lowest BCUT2D eigenvalue weighted by Crippen LogP contribution is -2.37. The first-order chi connectivity index (χ1) is 11.1. The van der Waals surface area contributed by atoms with E-state index in [1.165, 1.54) is 4.57 Å². The molecule has 2 aromatic rings. The van der Waals surface area contributed by atoms with E-state index in [1.807, 2.05) is 5.32 Å². The minimum absolute atomic E-state index is 0.0375. The third-order valence-electron chi connectivity index (χ3n) is 3.97. The third kappa shape index (κ3) is 3.06. The summed E-state index contributed by atoms with van der Waals surface area (Å²) in [7, 11) is 0. The molecule has 0 bridgehead atoms. The molecule has 0 saturated heterocycles. The van der Waals surface area contributed by atoms with Gasteiger partial charge in [-0.15, -0.1) is 0 Å². The van der Waals surface area contributed by atoms with Crippen LogP contribution in [0.4, 0.5) is 8.78 Å². The number of carbonyl (C=O) groups is 1. The van der Waals surface area contributed by atoms with Gasteiger partial charge in [0.1, 0.15) is 5.52 Å². The summed E-state index contributed by atoms with van der Waals surface area (Å²) in [6.07, 6.45) is 2.53. The topological polar surface area (TPSA) is 76.9 Å². The molecular formula is C15H16F2N4O2. The molecule has 23 heavy (non-hydrogen) atoms. The third-order valence-corrected chi connectivity index (χ3v) is 3.97. The molecule has 0 atom stereocenters. The van der Waals surface area contributed by atoms with Crippen LogP contribution in [-0.2, 0) is 0 Å². The Labute approximate surface area is 130 Å². The van der Waals surface area contributed by atoms with Gasteiger partial charge in [-0.3, -0.25) is 14.2 Å². The quantitative estimate of drug-likeness (QED) is 0.933. The van der Waals surface area contributed by atoms with Crippen LogP contribution in [0.3, 0.4) is 0 Å². The zero-order valence-corrected chi connectivity index (χ0v) is 12.3. The number of carbonyl (C=O) groups excluding carboxylic acids is 1. The maximum Gasteiger partial charge on any atom is 0.284 e. The Morgan fingerprint density at radius 1 is 1.39 bits per heavy atom.